The van der Waals surface area contributed by atoms with E-state index in [1.807, 2.05) is 18.2 Å². The largest absolute Gasteiger partial charge is 0.497 e. The molecule has 0 radical (unpaired) electrons. The summed E-state index contributed by atoms with van der Waals surface area (Å²) in [6.45, 7) is 12.2. The lowest BCUT2D eigenvalue weighted by molar-refractivity contribution is 0.229. The van der Waals surface area contributed by atoms with Crippen molar-refractivity contribution in [1.29, 1.82) is 0 Å². The van der Waals surface area contributed by atoms with Crippen LogP contribution in [0.3, 0.4) is 0 Å². The van der Waals surface area contributed by atoms with E-state index in [1.165, 1.54) is 0 Å². The number of methoxy groups -OCH3 is 2. The lowest BCUT2D eigenvalue weighted by atomic mass is 9.81. The van der Waals surface area contributed by atoms with Crippen molar-refractivity contribution in [2.75, 3.05) is 20.8 Å². The summed E-state index contributed by atoms with van der Waals surface area (Å²) in [5, 5.41) is 3.61. The van der Waals surface area contributed by atoms with Crippen molar-refractivity contribution in [3.63, 3.8) is 0 Å². The molecule has 1 N–H and O–H groups in total. The van der Waals surface area contributed by atoms with E-state index in [1.54, 1.807) is 14.2 Å². The number of rotatable bonds is 7. The summed E-state index contributed by atoms with van der Waals surface area (Å²) in [5.41, 5.74) is 1.40. The van der Waals surface area contributed by atoms with E-state index in [0.717, 1.165) is 23.6 Å². The molecule has 0 spiro atoms. The fourth-order valence-electron chi connectivity index (χ4n) is 1.91. The second-order valence-corrected chi connectivity index (χ2v) is 6.35. The standard InChI is InChI=1S/C17H29NO2/c1-12(2)17(4,5)11-18-13(3)15-10-14(19-6)8-9-16(15)20-7/h8-10,12-13,18H,11H2,1-7H3. The van der Waals surface area contributed by atoms with Crippen molar-refractivity contribution in [2.24, 2.45) is 11.3 Å². The summed E-state index contributed by atoms with van der Waals surface area (Å²) in [6, 6.07) is 6.14. The summed E-state index contributed by atoms with van der Waals surface area (Å²) in [6.07, 6.45) is 0. The minimum atomic E-state index is 0.220. The normalized spacial score (nSPS) is 13.4. The molecular formula is C17H29NO2. The van der Waals surface area contributed by atoms with E-state index in [-0.39, 0.29) is 11.5 Å². The third kappa shape index (κ3) is 4.14. The Morgan fingerprint density at radius 2 is 1.75 bits per heavy atom. The van der Waals surface area contributed by atoms with Crippen molar-refractivity contribution in [3.05, 3.63) is 23.8 Å². The first-order valence-corrected chi connectivity index (χ1v) is 7.27. The molecule has 0 aromatic heterocycles. The third-order valence-corrected chi connectivity index (χ3v) is 4.33. The monoisotopic (exact) mass is 279 g/mol. The van der Waals surface area contributed by atoms with Gasteiger partial charge in [0.25, 0.3) is 0 Å². The van der Waals surface area contributed by atoms with Crippen molar-refractivity contribution in [2.45, 2.75) is 40.7 Å². The highest BCUT2D eigenvalue weighted by molar-refractivity contribution is 5.42. The highest BCUT2D eigenvalue weighted by Gasteiger charge is 2.23. The van der Waals surface area contributed by atoms with E-state index in [9.17, 15) is 0 Å². The van der Waals surface area contributed by atoms with Crippen LogP contribution in [0, 0.1) is 11.3 Å². The van der Waals surface area contributed by atoms with Gasteiger partial charge >= 0.3 is 0 Å². The van der Waals surface area contributed by atoms with Crippen LogP contribution >= 0.6 is 0 Å². The lowest BCUT2D eigenvalue weighted by Crippen LogP contribution is -2.35. The maximum Gasteiger partial charge on any atom is 0.123 e. The van der Waals surface area contributed by atoms with Crippen LogP contribution in [0.25, 0.3) is 0 Å². The van der Waals surface area contributed by atoms with Gasteiger partial charge in [0.05, 0.1) is 14.2 Å². The minimum absolute atomic E-state index is 0.220. The van der Waals surface area contributed by atoms with Gasteiger partial charge in [0.1, 0.15) is 11.5 Å². The predicted octanol–water partition coefficient (Wildman–Crippen LogP) is 4.04. The first-order chi connectivity index (χ1) is 9.31. The Labute approximate surface area is 123 Å². The van der Waals surface area contributed by atoms with Gasteiger partial charge in [0.15, 0.2) is 0 Å². The van der Waals surface area contributed by atoms with E-state index in [4.69, 9.17) is 9.47 Å². The summed E-state index contributed by atoms with van der Waals surface area (Å²) in [7, 11) is 3.39. The topological polar surface area (TPSA) is 30.5 Å². The van der Waals surface area contributed by atoms with Gasteiger partial charge in [0.2, 0.25) is 0 Å². The summed E-state index contributed by atoms with van der Waals surface area (Å²) >= 11 is 0. The average molecular weight is 279 g/mol. The van der Waals surface area contributed by atoms with Crippen LogP contribution in [0.1, 0.15) is 46.2 Å². The maximum atomic E-state index is 5.45. The zero-order valence-corrected chi connectivity index (χ0v) is 13.9. The molecule has 1 aromatic carbocycles. The Morgan fingerprint density at radius 1 is 1.10 bits per heavy atom. The van der Waals surface area contributed by atoms with Crippen molar-refractivity contribution >= 4 is 0 Å². The molecule has 1 rings (SSSR count). The molecule has 0 aliphatic heterocycles. The molecule has 1 aromatic rings. The molecule has 0 saturated heterocycles. The molecule has 1 atom stereocenters. The average Bonchev–Trinajstić information content (AvgIpc) is 2.43. The van der Waals surface area contributed by atoms with Gasteiger partial charge in [-0.3, -0.25) is 0 Å². The number of nitrogens with one attached hydrogen (secondary N) is 1. The van der Waals surface area contributed by atoms with Gasteiger partial charge in [-0.1, -0.05) is 27.7 Å². The molecule has 114 valence electrons. The minimum Gasteiger partial charge on any atom is -0.497 e. The first kappa shape index (κ1) is 16.8. The van der Waals surface area contributed by atoms with Crippen molar-refractivity contribution < 1.29 is 9.47 Å². The van der Waals surface area contributed by atoms with E-state index in [2.05, 4.69) is 39.9 Å². The molecule has 20 heavy (non-hydrogen) atoms. The number of ether oxygens (including phenoxy) is 2. The van der Waals surface area contributed by atoms with E-state index >= 15 is 0 Å². The van der Waals surface area contributed by atoms with E-state index < -0.39 is 0 Å². The summed E-state index contributed by atoms with van der Waals surface area (Å²) in [4.78, 5) is 0. The van der Waals surface area contributed by atoms with Crippen molar-refractivity contribution in [1.82, 2.24) is 5.32 Å². The van der Waals surface area contributed by atoms with Crippen LogP contribution in [-0.2, 0) is 0 Å². The quantitative estimate of drug-likeness (QED) is 0.817. The molecule has 0 heterocycles. The van der Waals surface area contributed by atoms with Crippen LogP contribution in [0.4, 0.5) is 0 Å². The second-order valence-electron chi connectivity index (χ2n) is 6.35. The van der Waals surface area contributed by atoms with Gasteiger partial charge in [-0.25, -0.2) is 0 Å². The van der Waals surface area contributed by atoms with Crippen molar-refractivity contribution in [3.8, 4) is 11.5 Å². The SMILES string of the molecule is COc1ccc(OC)c(C(C)NCC(C)(C)C(C)C)c1. The molecular weight excluding hydrogens is 250 g/mol. The molecule has 0 aliphatic carbocycles. The van der Waals surface area contributed by atoms with Gasteiger partial charge in [-0.05, 0) is 36.5 Å². The maximum absolute atomic E-state index is 5.45. The molecule has 3 heteroatoms. The number of hydrogen-bond donors (Lipinski definition) is 1. The molecule has 1 unspecified atom stereocenters. The Hall–Kier alpha value is -1.22. The predicted molar refractivity (Wildman–Crippen MR) is 84.6 cm³/mol. The molecule has 0 aliphatic rings. The Bertz CT molecular complexity index is 427. The first-order valence-electron chi connectivity index (χ1n) is 7.27. The van der Waals surface area contributed by atoms with Crippen LogP contribution in [0.5, 0.6) is 11.5 Å². The molecule has 0 amide bonds. The van der Waals surface area contributed by atoms with Gasteiger partial charge in [-0.2, -0.15) is 0 Å². The Balaban J connectivity index is 2.83. The third-order valence-electron chi connectivity index (χ3n) is 4.33. The Kier molecular flexibility index (Phi) is 5.88. The smallest absolute Gasteiger partial charge is 0.123 e. The zero-order chi connectivity index (χ0) is 15.3. The second kappa shape index (κ2) is 6.98. The number of hydrogen-bond acceptors (Lipinski definition) is 3. The van der Waals surface area contributed by atoms with Crippen LogP contribution < -0.4 is 14.8 Å². The van der Waals surface area contributed by atoms with Gasteiger partial charge in [0, 0.05) is 18.2 Å². The summed E-state index contributed by atoms with van der Waals surface area (Å²) in [5.74, 6) is 2.39. The van der Waals surface area contributed by atoms with E-state index in [0.29, 0.717) is 5.92 Å². The van der Waals surface area contributed by atoms with Crippen LogP contribution in [0.15, 0.2) is 18.2 Å². The molecule has 0 fully saturated rings. The zero-order valence-electron chi connectivity index (χ0n) is 13.9. The highest BCUT2D eigenvalue weighted by atomic mass is 16.5. The van der Waals surface area contributed by atoms with Gasteiger partial charge < -0.3 is 14.8 Å². The molecule has 0 bridgehead atoms. The molecule has 0 saturated carbocycles. The highest BCUT2D eigenvalue weighted by Crippen LogP contribution is 2.31. The fraction of sp³-hybridized carbons (Fsp3) is 0.647. The Morgan fingerprint density at radius 3 is 2.25 bits per heavy atom. The summed E-state index contributed by atoms with van der Waals surface area (Å²) < 4.78 is 10.8. The lowest BCUT2D eigenvalue weighted by Gasteiger charge is -2.31. The van der Waals surface area contributed by atoms with Crippen LogP contribution in [-0.4, -0.2) is 20.8 Å². The fourth-order valence-corrected chi connectivity index (χ4v) is 1.91. The number of benzene rings is 1. The molecule has 3 nitrogen and oxygen atoms in total. The van der Waals surface area contributed by atoms with Crippen LogP contribution in [0.2, 0.25) is 0 Å². The van der Waals surface area contributed by atoms with Gasteiger partial charge in [-0.15, -0.1) is 0 Å².